The summed E-state index contributed by atoms with van der Waals surface area (Å²) in [5.74, 6) is -0.684. The van der Waals surface area contributed by atoms with Gasteiger partial charge in [-0.3, -0.25) is 14.5 Å². The maximum Gasteiger partial charge on any atom is 0.325 e. The molecule has 0 saturated carbocycles. The number of rotatable bonds is 3. The second-order valence-corrected chi connectivity index (χ2v) is 6.58. The van der Waals surface area contributed by atoms with E-state index < -0.39 is 17.5 Å². The summed E-state index contributed by atoms with van der Waals surface area (Å²) >= 11 is 0. The van der Waals surface area contributed by atoms with E-state index in [1.54, 1.807) is 36.1 Å². The molecule has 130 valence electrons. The molecule has 0 bridgehead atoms. The summed E-state index contributed by atoms with van der Waals surface area (Å²) in [5.41, 5.74) is -0.340. The van der Waals surface area contributed by atoms with Crippen LogP contribution in [0.15, 0.2) is 24.3 Å². The van der Waals surface area contributed by atoms with Crippen LogP contribution in [0.1, 0.15) is 37.3 Å². The summed E-state index contributed by atoms with van der Waals surface area (Å²) in [6, 6.07) is 8.00. The van der Waals surface area contributed by atoms with Crippen LogP contribution in [-0.4, -0.2) is 47.3 Å². The Balaban J connectivity index is 1.79. The van der Waals surface area contributed by atoms with Gasteiger partial charge in [-0.15, -0.1) is 0 Å². The molecule has 1 N–H and O–H groups in total. The van der Waals surface area contributed by atoms with Gasteiger partial charge in [-0.2, -0.15) is 5.26 Å². The SMILES string of the molecule is C[C@]1(c2cccc(C#N)c2)NC(=O)N(CC(=O)N2CCCCC2)C1=O. The molecule has 4 amide bonds. The lowest BCUT2D eigenvalue weighted by atomic mass is 9.91. The van der Waals surface area contributed by atoms with Gasteiger partial charge in [-0.05, 0) is 43.9 Å². The molecule has 0 radical (unpaired) electrons. The first-order valence-electron chi connectivity index (χ1n) is 8.38. The van der Waals surface area contributed by atoms with Gasteiger partial charge in [-0.1, -0.05) is 12.1 Å². The van der Waals surface area contributed by atoms with Crippen molar-refractivity contribution in [2.75, 3.05) is 19.6 Å². The molecule has 0 unspecified atom stereocenters. The summed E-state index contributed by atoms with van der Waals surface area (Å²) in [5, 5.41) is 11.7. The van der Waals surface area contributed by atoms with Crippen molar-refractivity contribution in [1.82, 2.24) is 15.1 Å². The van der Waals surface area contributed by atoms with E-state index in [0.29, 0.717) is 24.2 Å². The number of nitrogens with one attached hydrogen (secondary N) is 1. The lowest BCUT2D eigenvalue weighted by molar-refractivity contribution is -0.139. The third-order valence-electron chi connectivity index (χ3n) is 4.85. The number of nitriles is 1. The van der Waals surface area contributed by atoms with Crippen LogP contribution in [-0.2, 0) is 15.1 Å². The predicted molar refractivity (Wildman–Crippen MR) is 89.2 cm³/mol. The average molecular weight is 340 g/mol. The molecule has 25 heavy (non-hydrogen) atoms. The quantitative estimate of drug-likeness (QED) is 0.840. The molecular formula is C18H20N4O3. The average Bonchev–Trinajstić information content (AvgIpc) is 2.86. The highest BCUT2D eigenvalue weighted by molar-refractivity contribution is 6.09. The molecule has 0 spiro atoms. The van der Waals surface area contributed by atoms with Crippen molar-refractivity contribution in [3.63, 3.8) is 0 Å². The van der Waals surface area contributed by atoms with E-state index in [-0.39, 0.29) is 12.5 Å². The molecule has 2 aliphatic heterocycles. The zero-order valence-corrected chi connectivity index (χ0v) is 14.1. The summed E-state index contributed by atoms with van der Waals surface area (Å²) in [4.78, 5) is 40.2. The summed E-state index contributed by atoms with van der Waals surface area (Å²) < 4.78 is 0. The normalized spacial score (nSPS) is 23.4. The first-order valence-corrected chi connectivity index (χ1v) is 8.38. The van der Waals surface area contributed by atoms with Crippen LogP contribution in [0.3, 0.4) is 0 Å². The van der Waals surface area contributed by atoms with Crippen LogP contribution in [0, 0.1) is 11.3 Å². The van der Waals surface area contributed by atoms with E-state index >= 15 is 0 Å². The largest absolute Gasteiger partial charge is 0.341 e. The summed E-state index contributed by atoms with van der Waals surface area (Å²) in [6.45, 7) is 2.68. The molecule has 1 aromatic rings. The van der Waals surface area contributed by atoms with Gasteiger partial charge in [0.2, 0.25) is 5.91 Å². The molecular weight excluding hydrogens is 320 g/mol. The molecule has 0 aliphatic carbocycles. The van der Waals surface area contributed by atoms with Gasteiger partial charge in [0.15, 0.2) is 0 Å². The molecule has 3 rings (SSSR count). The Morgan fingerprint density at radius 3 is 2.68 bits per heavy atom. The third kappa shape index (κ3) is 3.07. The monoisotopic (exact) mass is 340 g/mol. The molecule has 1 atom stereocenters. The molecule has 1 aromatic carbocycles. The van der Waals surface area contributed by atoms with E-state index in [4.69, 9.17) is 5.26 Å². The number of amides is 4. The molecule has 2 saturated heterocycles. The Morgan fingerprint density at radius 2 is 2.00 bits per heavy atom. The van der Waals surface area contributed by atoms with Gasteiger partial charge in [0.25, 0.3) is 5.91 Å². The topological polar surface area (TPSA) is 93.5 Å². The highest BCUT2D eigenvalue weighted by Gasteiger charge is 2.49. The van der Waals surface area contributed by atoms with Crippen molar-refractivity contribution in [1.29, 1.82) is 5.26 Å². The maximum absolute atomic E-state index is 12.8. The molecule has 2 aliphatic rings. The van der Waals surface area contributed by atoms with E-state index in [1.807, 2.05) is 6.07 Å². The fourth-order valence-electron chi connectivity index (χ4n) is 3.31. The number of piperidine rings is 1. The highest BCUT2D eigenvalue weighted by Crippen LogP contribution is 2.29. The van der Waals surface area contributed by atoms with E-state index in [1.165, 1.54) is 0 Å². The first kappa shape index (κ1) is 17.0. The second kappa shape index (κ2) is 6.55. The molecule has 2 fully saturated rings. The standard InChI is InChI=1S/C18H20N4O3/c1-18(14-7-5-6-13(10-14)11-19)16(24)22(17(25)20-18)12-15(23)21-8-3-2-4-9-21/h5-7,10H,2-4,8-9,12H2,1H3,(H,20,25)/t18-/m1/s1. The number of benzene rings is 1. The zero-order valence-electron chi connectivity index (χ0n) is 14.1. The zero-order chi connectivity index (χ0) is 18.0. The summed E-state index contributed by atoms with van der Waals surface area (Å²) in [7, 11) is 0. The van der Waals surface area contributed by atoms with Crippen molar-refractivity contribution < 1.29 is 14.4 Å². The maximum atomic E-state index is 12.8. The second-order valence-electron chi connectivity index (χ2n) is 6.58. The predicted octanol–water partition coefficient (Wildman–Crippen LogP) is 1.34. The molecule has 0 aromatic heterocycles. The smallest absolute Gasteiger partial charge is 0.325 e. The van der Waals surface area contributed by atoms with Crippen LogP contribution in [0.25, 0.3) is 0 Å². The van der Waals surface area contributed by atoms with Gasteiger partial charge in [0.1, 0.15) is 12.1 Å². The number of carbonyl (C=O) groups excluding carboxylic acids is 3. The van der Waals surface area contributed by atoms with Crippen molar-refractivity contribution in [2.45, 2.75) is 31.7 Å². The van der Waals surface area contributed by atoms with Gasteiger partial charge < -0.3 is 10.2 Å². The van der Waals surface area contributed by atoms with Crippen molar-refractivity contribution in [3.8, 4) is 6.07 Å². The number of nitrogens with zero attached hydrogens (tertiary/aromatic N) is 3. The van der Waals surface area contributed by atoms with Crippen LogP contribution in [0.2, 0.25) is 0 Å². The van der Waals surface area contributed by atoms with Gasteiger partial charge in [0.05, 0.1) is 11.6 Å². The van der Waals surface area contributed by atoms with Crippen LogP contribution < -0.4 is 5.32 Å². The fraction of sp³-hybridized carbons (Fsp3) is 0.444. The van der Waals surface area contributed by atoms with Crippen LogP contribution >= 0.6 is 0 Å². The number of urea groups is 1. The number of imide groups is 1. The van der Waals surface area contributed by atoms with Crippen LogP contribution in [0.4, 0.5) is 4.79 Å². The van der Waals surface area contributed by atoms with Crippen LogP contribution in [0.5, 0.6) is 0 Å². The minimum Gasteiger partial charge on any atom is -0.341 e. The molecule has 2 heterocycles. The van der Waals surface area contributed by atoms with Crippen molar-refractivity contribution in [3.05, 3.63) is 35.4 Å². The van der Waals surface area contributed by atoms with Crippen molar-refractivity contribution in [2.24, 2.45) is 0 Å². The van der Waals surface area contributed by atoms with E-state index in [0.717, 1.165) is 24.2 Å². The Kier molecular flexibility index (Phi) is 4.45. The van der Waals surface area contributed by atoms with E-state index in [2.05, 4.69) is 5.32 Å². The highest BCUT2D eigenvalue weighted by atomic mass is 16.2. The Labute approximate surface area is 146 Å². The summed E-state index contributed by atoms with van der Waals surface area (Å²) in [6.07, 6.45) is 3.00. The lowest BCUT2D eigenvalue weighted by Crippen LogP contribution is -2.45. The van der Waals surface area contributed by atoms with Gasteiger partial charge in [0, 0.05) is 13.1 Å². The third-order valence-corrected chi connectivity index (χ3v) is 4.85. The minimum atomic E-state index is -1.27. The van der Waals surface area contributed by atoms with E-state index in [9.17, 15) is 14.4 Å². The number of carbonyl (C=O) groups is 3. The number of hydrogen-bond acceptors (Lipinski definition) is 4. The fourth-order valence-corrected chi connectivity index (χ4v) is 3.31. The number of likely N-dealkylation sites (tertiary alicyclic amines) is 1. The molecule has 7 heteroatoms. The Morgan fingerprint density at radius 1 is 1.28 bits per heavy atom. The Hall–Kier alpha value is -2.88. The van der Waals surface area contributed by atoms with Crippen molar-refractivity contribution >= 4 is 17.8 Å². The minimum absolute atomic E-state index is 0.210. The van der Waals surface area contributed by atoms with Gasteiger partial charge in [-0.25, -0.2) is 4.79 Å². The molecule has 7 nitrogen and oxygen atoms in total. The number of hydrogen-bond donors (Lipinski definition) is 1. The Bertz CT molecular complexity index is 764. The lowest BCUT2D eigenvalue weighted by Gasteiger charge is -2.28. The van der Waals surface area contributed by atoms with Gasteiger partial charge >= 0.3 is 6.03 Å². The first-order chi connectivity index (χ1) is 12.0.